The van der Waals surface area contributed by atoms with Crippen LogP contribution in [0.25, 0.3) is 0 Å². The Morgan fingerprint density at radius 3 is 2.43 bits per heavy atom. The normalized spacial score (nSPS) is 14.4. The van der Waals surface area contributed by atoms with Crippen LogP contribution in [0.3, 0.4) is 0 Å². The number of carbonyl (C=O) groups excluding carboxylic acids is 1. The maximum atomic E-state index is 12.4. The van der Waals surface area contributed by atoms with Crippen molar-refractivity contribution in [3.8, 4) is 5.75 Å². The van der Waals surface area contributed by atoms with Gasteiger partial charge in [0.25, 0.3) is 0 Å². The number of rotatable bonds is 7. The van der Waals surface area contributed by atoms with Gasteiger partial charge in [-0.05, 0) is 41.8 Å². The molecule has 0 atom stereocenters. The number of carbonyl (C=O) groups is 2. The molecule has 3 rings (SSSR count). The van der Waals surface area contributed by atoms with Gasteiger partial charge in [-0.1, -0.05) is 41.4 Å². The Bertz CT molecular complexity index is 881. The van der Waals surface area contributed by atoms with E-state index in [2.05, 4.69) is 5.32 Å². The number of aryl methyl sites for hydroxylation is 1. The van der Waals surface area contributed by atoms with E-state index in [1.54, 1.807) is 23.1 Å². The van der Waals surface area contributed by atoms with Gasteiger partial charge >= 0.3 is 12.0 Å². The van der Waals surface area contributed by atoms with E-state index in [0.29, 0.717) is 36.1 Å². The van der Waals surface area contributed by atoms with Crippen LogP contribution >= 0.6 is 23.2 Å². The highest BCUT2D eigenvalue weighted by Gasteiger charge is 2.24. The molecular weight excluding hydrogens is 427 g/mol. The number of carboxylic acids is 1. The van der Waals surface area contributed by atoms with Gasteiger partial charge in [0.15, 0.2) is 0 Å². The molecule has 0 aliphatic carbocycles. The molecule has 30 heavy (non-hydrogen) atoms. The van der Waals surface area contributed by atoms with Gasteiger partial charge in [-0.15, -0.1) is 0 Å². The second-order valence-electron chi connectivity index (χ2n) is 7.24. The van der Waals surface area contributed by atoms with Crippen LogP contribution in [0.2, 0.25) is 10.0 Å². The van der Waals surface area contributed by atoms with Crippen LogP contribution in [0.4, 0.5) is 4.79 Å². The molecule has 0 bridgehead atoms. The first-order chi connectivity index (χ1) is 14.4. The summed E-state index contributed by atoms with van der Waals surface area (Å²) in [6.07, 6.45) is 2.16. The minimum Gasteiger partial charge on any atom is -0.490 e. The minimum absolute atomic E-state index is 0.0460. The number of halogens is 2. The summed E-state index contributed by atoms with van der Waals surface area (Å²) in [5.74, 6) is -0.0447. The number of ether oxygens (including phenoxy) is 1. The molecular formula is C22H24Cl2N2O4. The second kappa shape index (κ2) is 10.5. The molecule has 160 valence electrons. The number of amides is 2. The van der Waals surface area contributed by atoms with Crippen molar-refractivity contribution in [3.63, 3.8) is 0 Å². The maximum Gasteiger partial charge on any atom is 0.317 e. The summed E-state index contributed by atoms with van der Waals surface area (Å²) < 4.78 is 6.02. The molecule has 0 radical (unpaired) electrons. The lowest BCUT2D eigenvalue weighted by molar-refractivity contribution is -0.136. The number of urea groups is 1. The predicted octanol–water partition coefficient (Wildman–Crippen LogP) is 4.76. The summed E-state index contributed by atoms with van der Waals surface area (Å²) in [4.78, 5) is 24.9. The molecule has 0 saturated carbocycles. The van der Waals surface area contributed by atoms with Crippen molar-refractivity contribution < 1.29 is 19.4 Å². The third-order valence-electron chi connectivity index (χ3n) is 5.03. The number of hydrogen-bond donors (Lipinski definition) is 2. The fourth-order valence-corrected chi connectivity index (χ4v) is 3.78. The van der Waals surface area contributed by atoms with Crippen LogP contribution in [0.5, 0.6) is 5.75 Å². The van der Waals surface area contributed by atoms with Gasteiger partial charge < -0.3 is 20.1 Å². The first kappa shape index (κ1) is 22.2. The number of benzene rings is 2. The van der Waals surface area contributed by atoms with Crippen molar-refractivity contribution in [1.29, 1.82) is 0 Å². The Balaban J connectivity index is 1.41. The van der Waals surface area contributed by atoms with E-state index in [9.17, 15) is 9.59 Å². The Morgan fingerprint density at radius 1 is 1.10 bits per heavy atom. The van der Waals surface area contributed by atoms with E-state index in [1.165, 1.54) is 0 Å². The van der Waals surface area contributed by atoms with Gasteiger partial charge in [0.05, 0.1) is 0 Å². The molecule has 1 heterocycles. The first-order valence-electron chi connectivity index (χ1n) is 9.85. The highest BCUT2D eigenvalue weighted by atomic mass is 35.5. The number of nitrogens with zero attached hydrogens (tertiary/aromatic N) is 1. The molecule has 1 aliphatic rings. The standard InChI is InChI=1S/C22H24Cl2N2O4/c23-17-5-4-16(20(24)13-17)14-25-22(29)26-11-9-19(10-12-26)30-18-6-1-15(2-7-18)3-8-21(27)28/h1-2,4-7,13,19H,3,8-12,14H2,(H,25,29)(H,27,28). The lowest BCUT2D eigenvalue weighted by Crippen LogP contribution is -2.46. The quantitative estimate of drug-likeness (QED) is 0.636. The Kier molecular flexibility index (Phi) is 7.82. The number of likely N-dealkylation sites (tertiary alicyclic amines) is 1. The summed E-state index contributed by atoms with van der Waals surface area (Å²) >= 11 is 12.0. The predicted molar refractivity (Wildman–Crippen MR) is 116 cm³/mol. The SMILES string of the molecule is O=C(O)CCc1ccc(OC2CCN(C(=O)NCc3ccc(Cl)cc3Cl)CC2)cc1. The molecule has 1 aliphatic heterocycles. The molecule has 2 N–H and O–H groups in total. The van der Waals surface area contributed by atoms with E-state index < -0.39 is 5.97 Å². The topological polar surface area (TPSA) is 78.9 Å². The maximum absolute atomic E-state index is 12.4. The summed E-state index contributed by atoms with van der Waals surface area (Å²) in [5, 5.41) is 12.7. The van der Waals surface area contributed by atoms with Crippen molar-refractivity contribution in [3.05, 3.63) is 63.6 Å². The molecule has 0 aromatic heterocycles. The molecule has 1 saturated heterocycles. The number of nitrogens with one attached hydrogen (secondary N) is 1. The summed E-state index contributed by atoms with van der Waals surface area (Å²) in [7, 11) is 0. The lowest BCUT2D eigenvalue weighted by atomic mass is 10.1. The van der Waals surface area contributed by atoms with Crippen molar-refractivity contribution in [2.45, 2.75) is 38.3 Å². The molecule has 6 nitrogen and oxygen atoms in total. The largest absolute Gasteiger partial charge is 0.490 e. The zero-order valence-electron chi connectivity index (χ0n) is 16.4. The van der Waals surface area contributed by atoms with Crippen LogP contribution in [-0.2, 0) is 17.8 Å². The molecule has 0 spiro atoms. The second-order valence-corrected chi connectivity index (χ2v) is 8.08. The molecule has 1 fully saturated rings. The number of carboxylic acid groups (broad SMARTS) is 1. The number of aliphatic carboxylic acids is 1. The van der Waals surface area contributed by atoms with Gasteiger partial charge in [-0.25, -0.2) is 4.79 Å². The van der Waals surface area contributed by atoms with Crippen LogP contribution in [0, 0.1) is 0 Å². The van der Waals surface area contributed by atoms with Crippen LogP contribution in [0.15, 0.2) is 42.5 Å². The zero-order valence-corrected chi connectivity index (χ0v) is 18.0. The Hall–Kier alpha value is -2.44. The van der Waals surface area contributed by atoms with Crippen LogP contribution in [-0.4, -0.2) is 41.2 Å². The fraction of sp³-hybridized carbons (Fsp3) is 0.364. The van der Waals surface area contributed by atoms with E-state index >= 15 is 0 Å². The van der Waals surface area contributed by atoms with Gasteiger partial charge in [-0.3, -0.25) is 4.79 Å². The fourth-order valence-electron chi connectivity index (χ4n) is 3.30. The minimum atomic E-state index is -0.803. The molecule has 0 unspecified atom stereocenters. The van der Waals surface area contributed by atoms with Gasteiger partial charge in [0, 0.05) is 48.9 Å². The van der Waals surface area contributed by atoms with Crippen molar-refractivity contribution in [1.82, 2.24) is 10.2 Å². The van der Waals surface area contributed by atoms with E-state index in [1.807, 2.05) is 24.3 Å². The van der Waals surface area contributed by atoms with Gasteiger partial charge in [0.1, 0.15) is 11.9 Å². The van der Waals surface area contributed by atoms with Gasteiger partial charge in [-0.2, -0.15) is 0 Å². The third kappa shape index (κ3) is 6.54. The molecule has 2 aromatic rings. The highest BCUT2D eigenvalue weighted by molar-refractivity contribution is 6.35. The zero-order chi connectivity index (χ0) is 21.5. The monoisotopic (exact) mass is 450 g/mol. The van der Waals surface area contributed by atoms with E-state index in [0.717, 1.165) is 29.7 Å². The van der Waals surface area contributed by atoms with Gasteiger partial charge in [0.2, 0.25) is 0 Å². The summed E-state index contributed by atoms with van der Waals surface area (Å²) in [6.45, 7) is 1.57. The number of hydrogen-bond acceptors (Lipinski definition) is 3. The van der Waals surface area contributed by atoms with Crippen LogP contribution in [0.1, 0.15) is 30.4 Å². The molecule has 8 heteroatoms. The molecule has 2 amide bonds. The van der Waals surface area contributed by atoms with E-state index in [4.69, 9.17) is 33.0 Å². The summed E-state index contributed by atoms with van der Waals surface area (Å²) in [6, 6.07) is 12.6. The van der Waals surface area contributed by atoms with E-state index in [-0.39, 0.29) is 18.6 Å². The lowest BCUT2D eigenvalue weighted by Gasteiger charge is -2.32. The molecule has 2 aromatic carbocycles. The Labute approximate surface area is 185 Å². The summed E-state index contributed by atoms with van der Waals surface area (Å²) in [5.41, 5.74) is 1.79. The average molecular weight is 451 g/mol. The average Bonchev–Trinajstić information content (AvgIpc) is 2.73. The number of piperidine rings is 1. The van der Waals surface area contributed by atoms with Crippen molar-refractivity contribution in [2.24, 2.45) is 0 Å². The van der Waals surface area contributed by atoms with Crippen LogP contribution < -0.4 is 10.1 Å². The third-order valence-corrected chi connectivity index (χ3v) is 5.61. The first-order valence-corrected chi connectivity index (χ1v) is 10.6. The van der Waals surface area contributed by atoms with Crippen molar-refractivity contribution in [2.75, 3.05) is 13.1 Å². The smallest absolute Gasteiger partial charge is 0.317 e. The van der Waals surface area contributed by atoms with Crippen molar-refractivity contribution >= 4 is 35.2 Å². The highest BCUT2D eigenvalue weighted by Crippen LogP contribution is 2.22. The Morgan fingerprint density at radius 2 is 1.80 bits per heavy atom.